The molecule has 2 aliphatic rings. The van der Waals surface area contributed by atoms with Crippen LogP contribution in [0.2, 0.25) is 0 Å². The first kappa shape index (κ1) is 19.6. The fourth-order valence-electron chi connectivity index (χ4n) is 3.79. The molecule has 1 saturated heterocycles. The molecule has 2 aromatic heterocycles. The number of thiophene rings is 1. The van der Waals surface area contributed by atoms with Crippen molar-refractivity contribution in [2.24, 2.45) is 0 Å². The van der Waals surface area contributed by atoms with E-state index >= 15 is 0 Å². The topological polar surface area (TPSA) is 84.3 Å². The highest BCUT2D eigenvalue weighted by atomic mass is 32.2. The summed E-state index contributed by atoms with van der Waals surface area (Å²) in [7, 11) is -3.43. The summed E-state index contributed by atoms with van der Waals surface area (Å²) in [4.78, 5) is 17.6. The van der Waals surface area contributed by atoms with Crippen LogP contribution in [0.1, 0.15) is 48.5 Å². The van der Waals surface area contributed by atoms with Crippen molar-refractivity contribution in [1.29, 1.82) is 0 Å². The molecule has 1 fully saturated rings. The van der Waals surface area contributed by atoms with Gasteiger partial charge in [0.15, 0.2) is 0 Å². The van der Waals surface area contributed by atoms with Gasteiger partial charge in [-0.05, 0) is 37.8 Å². The average molecular weight is 423 g/mol. The van der Waals surface area contributed by atoms with Crippen molar-refractivity contribution in [3.8, 4) is 0 Å². The Balaban J connectivity index is 1.33. The van der Waals surface area contributed by atoms with Crippen LogP contribution in [0.3, 0.4) is 0 Å². The number of hydrogen-bond acceptors (Lipinski definition) is 5. The second-order valence-electron chi connectivity index (χ2n) is 7.44. The molecule has 0 atom stereocenters. The summed E-state index contributed by atoms with van der Waals surface area (Å²) in [6.07, 6.45) is 8.46. The number of hydrogen-bond donors (Lipinski definition) is 1. The van der Waals surface area contributed by atoms with Crippen molar-refractivity contribution in [2.45, 2.75) is 62.2 Å². The van der Waals surface area contributed by atoms with Crippen LogP contribution in [0.25, 0.3) is 0 Å². The van der Waals surface area contributed by atoms with Crippen LogP contribution in [-0.4, -0.2) is 41.3 Å². The van der Waals surface area contributed by atoms with Gasteiger partial charge in [0.1, 0.15) is 10.0 Å². The van der Waals surface area contributed by atoms with E-state index in [1.165, 1.54) is 24.2 Å². The van der Waals surface area contributed by atoms with Gasteiger partial charge in [-0.2, -0.15) is 4.31 Å². The van der Waals surface area contributed by atoms with E-state index in [1.807, 2.05) is 6.20 Å². The Labute approximate surface area is 169 Å². The SMILES string of the molecule is O=C(Cc1ccc(S(=O)(=O)N2CCCCC2)s1)NCc1cn2c(n1)CCCC2. The van der Waals surface area contributed by atoms with E-state index in [0.29, 0.717) is 23.8 Å². The minimum atomic E-state index is -3.43. The van der Waals surface area contributed by atoms with Gasteiger partial charge in [-0.25, -0.2) is 13.4 Å². The fraction of sp³-hybridized carbons (Fsp3) is 0.579. The van der Waals surface area contributed by atoms with Crippen LogP contribution >= 0.6 is 11.3 Å². The van der Waals surface area contributed by atoms with Crippen LogP contribution in [0.4, 0.5) is 0 Å². The smallest absolute Gasteiger partial charge is 0.252 e. The molecule has 7 nitrogen and oxygen atoms in total. The Morgan fingerprint density at radius 3 is 2.68 bits per heavy atom. The highest BCUT2D eigenvalue weighted by molar-refractivity contribution is 7.91. The molecule has 1 amide bonds. The lowest BCUT2D eigenvalue weighted by molar-refractivity contribution is -0.120. The Hall–Kier alpha value is -1.71. The fourth-order valence-corrected chi connectivity index (χ4v) is 6.82. The number of nitrogens with zero attached hydrogens (tertiary/aromatic N) is 3. The molecule has 4 rings (SSSR count). The minimum Gasteiger partial charge on any atom is -0.350 e. The highest BCUT2D eigenvalue weighted by Gasteiger charge is 2.27. The number of carbonyl (C=O) groups is 1. The molecule has 28 heavy (non-hydrogen) atoms. The highest BCUT2D eigenvalue weighted by Crippen LogP contribution is 2.27. The molecule has 0 saturated carbocycles. The second-order valence-corrected chi connectivity index (χ2v) is 10.8. The quantitative estimate of drug-likeness (QED) is 0.774. The first-order valence-electron chi connectivity index (χ1n) is 9.93. The van der Waals surface area contributed by atoms with E-state index in [-0.39, 0.29) is 12.3 Å². The Kier molecular flexibility index (Phi) is 5.84. The Morgan fingerprint density at radius 1 is 1.11 bits per heavy atom. The largest absolute Gasteiger partial charge is 0.350 e. The average Bonchev–Trinajstić information content (AvgIpc) is 3.34. The molecule has 0 aliphatic carbocycles. The van der Waals surface area contributed by atoms with E-state index in [1.54, 1.807) is 16.4 Å². The lowest BCUT2D eigenvalue weighted by Crippen LogP contribution is -2.35. The lowest BCUT2D eigenvalue weighted by atomic mass is 10.2. The monoisotopic (exact) mass is 422 g/mol. The predicted octanol–water partition coefficient (Wildman–Crippen LogP) is 2.31. The van der Waals surface area contributed by atoms with Gasteiger partial charge in [0.2, 0.25) is 5.91 Å². The van der Waals surface area contributed by atoms with Crippen molar-refractivity contribution in [3.05, 3.63) is 34.7 Å². The molecule has 1 N–H and O–H groups in total. The van der Waals surface area contributed by atoms with Crippen molar-refractivity contribution in [2.75, 3.05) is 13.1 Å². The van der Waals surface area contributed by atoms with Gasteiger partial charge in [-0.15, -0.1) is 11.3 Å². The zero-order chi connectivity index (χ0) is 19.6. The molecule has 4 heterocycles. The van der Waals surface area contributed by atoms with E-state index in [2.05, 4.69) is 14.9 Å². The third kappa shape index (κ3) is 4.31. The van der Waals surface area contributed by atoms with Crippen molar-refractivity contribution in [1.82, 2.24) is 19.2 Å². The summed E-state index contributed by atoms with van der Waals surface area (Å²) in [5.41, 5.74) is 0.879. The number of carbonyl (C=O) groups excluding carboxylic acids is 1. The van der Waals surface area contributed by atoms with E-state index in [9.17, 15) is 13.2 Å². The van der Waals surface area contributed by atoms with Gasteiger partial charge in [0, 0.05) is 37.1 Å². The summed E-state index contributed by atoms with van der Waals surface area (Å²) in [5.74, 6) is 0.982. The maximum Gasteiger partial charge on any atom is 0.252 e. The first-order chi connectivity index (χ1) is 13.5. The standard InChI is InChI=1S/C19H26N4O3S2/c24-18(20-13-15-14-22-9-5-2-6-17(22)21-15)12-16-7-8-19(27-16)28(25,26)23-10-3-1-4-11-23/h7-8,14H,1-6,9-13H2,(H,20,24). The van der Waals surface area contributed by atoms with Crippen molar-refractivity contribution >= 4 is 27.3 Å². The number of aromatic nitrogens is 2. The van der Waals surface area contributed by atoms with Gasteiger partial charge >= 0.3 is 0 Å². The zero-order valence-electron chi connectivity index (χ0n) is 15.9. The molecule has 0 radical (unpaired) electrons. The molecule has 0 spiro atoms. The number of amides is 1. The third-order valence-electron chi connectivity index (χ3n) is 5.31. The maximum atomic E-state index is 12.7. The molecule has 2 aliphatic heterocycles. The number of imidazole rings is 1. The second kappa shape index (κ2) is 8.34. The molecule has 0 aromatic carbocycles. The van der Waals surface area contributed by atoms with Crippen LogP contribution < -0.4 is 5.32 Å². The number of aryl methyl sites for hydroxylation is 2. The summed E-state index contributed by atoms with van der Waals surface area (Å²) < 4.78 is 29.5. The van der Waals surface area contributed by atoms with E-state index < -0.39 is 10.0 Å². The lowest BCUT2D eigenvalue weighted by Gasteiger charge is -2.25. The summed E-state index contributed by atoms with van der Waals surface area (Å²) in [6.45, 7) is 2.58. The number of fused-ring (bicyclic) bond motifs is 1. The summed E-state index contributed by atoms with van der Waals surface area (Å²) in [5, 5.41) is 2.90. The number of sulfonamides is 1. The van der Waals surface area contributed by atoms with E-state index in [0.717, 1.165) is 48.6 Å². The van der Waals surface area contributed by atoms with Crippen LogP contribution in [0.15, 0.2) is 22.5 Å². The van der Waals surface area contributed by atoms with Crippen LogP contribution in [-0.2, 0) is 40.7 Å². The zero-order valence-corrected chi connectivity index (χ0v) is 17.5. The number of piperidine rings is 1. The van der Waals surface area contributed by atoms with Gasteiger partial charge in [0.05, 0.1) is 18.7 Å². The Morgan fingerprint density at radius 2 is 1.89 bits per heavy atom. The van der Waals surface area contributed by atoms with Crippen molar-refractivity contribution < 1.29 is 13.2 Å². The summed E-state index contributed by atoms with van der Waals surface area (Å²) in [6, 6.07) is 3.37. The van der Waals surface area contributed by atoms with Crippen LogP contribution in [0, 0.1) is 0 Å². The van der Waals surface area contributed by atoms with Gasteiger partial charge < -0.3 is 9.88 Å². The van der Waals surface area contributed by atoms with Crippen LogP contribution in [0.5, 0.6) is 0 Å². The molecule has 9 heteroatoms. The third-order valence-corrected chi connectivity index (χ3v) is 8.76. The molecule has 2 aromatic rings. The molecule has 0 unspecified atom stereocenters. The van der Waals surface area contributed by atoms with Gasteiger partial charge in [-0.1, -0.05) is 6.42 Å². The van der Waals surface area contributed by atoms with Gasteiger partial charge in [0.25, 0.3) is 10.0 Å². The maximum absolute atomic E-state index is 12.7. The van der Waals surface area contributed by atoms with Gasteiger partial charge in [-0.3, -0.25) is 4.79 Å². The number of rotatable bonds is 6. The molecular weight excluding hydrogens is 396 g/mol. The van der Waals surface area contributed by atoms with E-state index in [4.69, 9.17) is 0 Å². The molecule has 0 bridgehead atoms. The number of nitrogens with one attached hydrogen (secondary N) is 1. The van der Waals surface area contributed by atoms with Crippen molar-refractivity contribution in [3.63, 3.8) is 0 Å². The Bertz CT molecular complexity index is 919. The minimum absolute atomic E-state index is 0.116. The normalized spacial score (nSPS) is 18.0. The molecule has 152 valence electrons. The first-order valence-corrected chi connectivity index (χ1v) is 12.2. The molecular formula is C19H26N4O3S2. The predicted molar refractivity (Wildman–Crippen MR) is 108 cm³/mol. The summed E-state index contributed by atoms with van der Waals surface area (Å²) >= 11 is 1.20.